The lowest BCUT2D eigenvalue weighted by Gasteiger charge is -2.38. The largest absolute Gasteiger partial charge is 0.392 e. The molecule has 71 heavy (non-hydrogen) atoms. The molecule has 0 radical (unpaired) electrons. The van der Waals surface area contributed by atoms with Crippen LogP contribution in [-0.2, 0) is 65.9 Å². The van der Waals surface area contributed by atoms with Gasteiger partial charge in [-0.1, -0.05) is 55.5 Å². The summed E-state index contributed by atoms with van der Waals surface area (Å²) < 4.78 is 53.3. The topological polar surface area (TPSA) is 196 Å². The highest BCUT2D eigenvalue weighted by Gasteiger charge is 2.58. The van der Waals surface area contributed by atoms with Crippen molar-refractivity contribution in [1.82, 2.24) is 28.5 Å². The molecule has 6 aromatic rings. The lowest BCUT2D eigenvalue weighted by atomic mass is 9.74. The highest BCUT2D eigenvalue weighted by Crippen LogP contribution is 2.52. The van der Waals surface area contributed by atoms with Crippen LogP contribution in [0.15, 0.2) is 97.8 Å². The predicted octanol–water partition coefficient (Wildman–Crippen LogP) is 7.67. The molecule has 6 aliphatic rings. The van der Waals surface area contributed by atoms with Crippen LogP contribution in [0.2, 0.25) is 0 Å². The first kappa shape index (κ1) is 49.2. The van der Waals surface area contributed by atoms with Gasteiger partial charge in [0.2, 0.25) is 31.9 Å². The zero-order valence-corrected chi connectivity index (χ0v) is 42.7. The van der Waals surface area contributed by atoms with Gasteiger partial charge >= 0.3 is 0 Å². The van der Waals surface area contributed by atoms with Crippen molar-refractivity contribution in [2.45, 2.75) is 118 Å². The van der Waals surface area contributed by atoms with E-state index >= 15 is 0 Å². The molecule has 0 bridgehead atoms. The van der Waals surface area contributed by atoms with Crippen molar-refractivity contribution in [1.29, 1.82) is 0 Å². The molecule has 2 saturated carbocycles. The van der Waals surface area contributed by atoms with E-state index < -0.39 is 40.4 Å². The van der Waals surface area contributed by atoms with Crippen LogP contribution in [0, 0.1) is 0 Å². The zero-order valence-electron chi connectivity index (χ0n) is 40.3. The Morgan fingerprint density at radius 2 is 1.15 bits per heavy atom. The summed E-state index contributed by atoms with van der Waals surface area (Å²) in [4.78, 5) is 45.5. The van der Waals surface area contributed by atoms with Crippen molar-refractivity contribution < 1.29 is 31.5 Å². The SMILES string of the molecule is CC1(S(=O)(=O)N2CCC3(CC2)C(=O)N(Cc2ncc4ccccc4c2CO)c2cnccc23)CC1.CC1(S(=O)(=O)N2CCC3(CC2)C(=O)Nc2cnccc23)CC1.CCc1c(CCl)ncc2ccccc12. The minimum Gasteiger partial charge on any atom is -0.392 e. The van der Waals surface area contributed by atoms with E-state index in [2.05, 4.69) is 50.4 Å². The van der Waals surface area contributed by atoms with Crippen LogP contribution in [0.4, 0.5) is 11.4 Å². The second-order valence-corrected chi connectivity index (χ2v) is 25.4. The molecule has 0 unspecified atom stereocenters. The van der Waals surface area contributed by atoms with Gasteiger partial charge in [-0.05, 0) is 111 Å². The molecule has 2 N–H and O–H groups in total. The summed E-state index contributed by atoms with van der Waals surface area (Å²) in [6, 6.07) is 19.8. The lowest BCUT2D eigenvalue weighted by molar-refractivity contribution is -0.124. The zero-order chi connectivity index (χ0) is 50.0. The van der Waals surface area contributed by atoms with Crippen LogP contribution in [0.5, 0.6) is 0 Å². The van der Waals surface area contributed by atoms with Gasteiger partial charge in [0.25, 0.3) is 0 Å². The maximum absolute atomic E-state index is 14.0. The van der Waals surface area contributed by atoms with Crippen LogP contribution in [0.25, 0.3) is 21.5 Å². The van der Waals surface area contributed by atoms with Gasteiger partial charge in [-0.3, -0.25) is 29.5 Å². The Morgan fingerprint density at radius 1 is 0.648 bits per heavy atom. The number of nitrogens with zero attached hydrogens (tertiary/aromatic N) is 7. The Hall–Kier alpha value is -5.43. The molecule has 2 saturated heterocycles. The standard InChI is InChI=1S/C26H28N4O4S.C15H19N3O3S.C12H12ClN/c1-25(7-8-25)35(33,34)29-12-9-26(10-13-29)21-6-11-27-15-23(21)30(24(26)32)16-22-20(17-31)19-5-3-2-4-18(19)14-28-22;1-14(3-4-14)22(20,21)18-8-5-15(6-9-18)11-2-7-16-10-12(11)17-13(15)19;1-2-10-11-6-4-3-5-9(11)8-14-12(10)7-13/h2-6,11,14-15,31H,7-10,12-13,16-17H2,1H3;2,7,10H,3-6,8-9H2,1H3,(H,17,19);3-6,8H,2,7H2,1H3. The number of piperidine rings is 2. The van der Waals surface area contributed by atoms with E-state index in [1.54, 1.807) is 44.5 Å². The van der Waals surface area contributed by atoms with E-state index in [1.807, 2.05) is 62.5 Å². The quantitative estimate of drug-likeness (QED) is 0.135. The highest BCUT2D eigenvalue weighted by atomic mass is 35.5. The van der Waals surface area contributed by atoms with E-state index in [9.17, 15) is 31.5 Å². The highest BCUT2D eigenvalue weighted by molar-refractivity contribution is 7.91. The molecular formula is C53H59ClN8O7S2. The molecule has 0 atom stereocenters. The summed E-state index contributed by atoms with van der Waals surface area (Å²) in [5.41, 5.74) is 5.64. The normalized spacial score (nSPS) is 20.4. The maximum atomic E-state index is 14.0. The lowest BCUT2D eigenvalue weighted by Crippen LogP contribution is -2.51. The molecule has 2 aromatic carbocycles. The van der Waals surface area contributed by atoms with Crippen molar-refractivity contribution in [3.63, 3.8) is 0 Å². The van der Waals surface area contributed by atoms with E-state index in [-0.39, 0.29) is 25.0 Å². The molecule has 4 fully saturated rings. The number of carbonyl (C=O) groups is 2. The number of carbonyl (C=O) groups excluding carboxylic acids is 2. The van der Waals surface area contributed by atoms with Crippen LogP contribution in [0.1, 0.15) is 106 Å². The fourth-order valence-electron chi connectivity index (χ4n) is 11.1. The summed E-state index contributed by atoms with van der Waals surface area (Å²) in [6.07, 6.45) is 16.2. The number of aryl methyl sites for hydroxylation is 1. The van der Waals surface area contributed by atoms with Gasteiger partial charge in [-0.2, -0.15) is 0 Å². The first-order chi connectivity index (χ1) is 34.1. The summed E-state index contributed by atoms with van der Waals surface area (Å²) in [6.45, 7) is 7.29. The molecule has 12 rings (SSSR count). The van der Waals surface area contributed by atoms with E-state index in [0.717, 1.165) is 58.2 Å². The molecule has 4 aromatic heterocycles. The number of sulfonamides is 2. The average molecular weight is 1020 g/mol. The van der Waals surface area contributed by atoms with E-state index in [1.165, 1.54) is 16.3 Å². The van der Waals surface area contributed by atoms with Gasteiger partial charge in [-0.15, -0.1) is 11.6 Å². The number of amides is 2. The Bertz CT molecular complexity index is 3290. The number of hydrogen-bond acceptors (Lipinski definition) is 11. The Morgan fingerprint density at radius 3 is 1.69 bits per heavy atom. The number of aromatic nitrogens is 4. The number of fused-ring (bicyclic) bond motifs is 6. The first-order valence-corrected chi connectivity index (χ1v) is 27.9. The molecule has 4 aliphatic heterocycles. The smallest absolute Gasteiger partial charge is 0.238 e. The number of benzene rings is 2. The number of pyridine rings is 4. The van der Waals surface area contributed by atoms with Crippen LogP contribution < -0.4 is 10.2 Å². The molecule has 18 heteroatoms. The number of nitrogens with one attached hydrogen (secondary N) is 1. The van der Waals surface area contributed by atoms with Crippen molar-refractivity contribution >= 4 is 76.4 Å². The number of anilines is 2. The number of halogens is 1. The van der Waals surface area contributed by atoms with Crippen molar-refractivity contribution in [3.8, 4) is 0 Å². The summed E-state index contributed by atoms with van der Waals surface area (Å²) in [7, 11) is -6.60. The summed E-state index contributed by atoms with van der Waals surface area (Å²) >= 11 is 5.85. The molecular weight excluding hydrogens is 960 g/mol. The number of aliphatic hydroxyl groups excluding tert-OH is 1. The molecule has 2 aliphatic carbocycles. The number of rotatable bonds is 9. The molecule has 372 valence electrons. The average Bonchev–Trinajstić information content (AvgIpc) is 4.32. The third-order valence-corrected chi connectivity index (χ3v) is 21.9. The van der Waals surface area contributed by atoms with Crippen LogP contribution >= 0.6 is 11.6 Å². The fraction of sp³-hybridized carbons (Fsp3) is 0.434. The molecule has 2 spiro atoms. The Kier molecular flexibility index (Phi) is 12.9. The second-order valence-electron chi connectivity index (χ2n) is 20.2. The number of aliphatic hydroxyl groups is 1. The van der Waals surface area contributed by atoms with Crippen LogP contribution in [0.3, 0.4) is 0 Å². The van der Waals surface area contributed by atoms with Gasteiger partial charge in [0.15, 0.2) is 0 Å². The molecule has 8 heterocycles. The molecule has 15 nitrogen and oxygen atoms in total. The monoisotopic (exact) mass is 1020 g/mol. The minimum atomic E-state index is -3.36. The van der Waals surface area contributed by atoms with Gasteiger partial charge < -0.3 is 15.3 Å². The van der Waals surface area contributed by atoms with Crippen LogP contribution in [-0.4, -0.2) is 98.0 Å². The van der Waals surface area contributed by atoms with E-state index in [0.29, 0.717) is 81.8 Å². The minimum absolute atomic E-state index is 0.0230. The van der Waals surface area contributed by atoms with Crippen molar-refractivity contribution in [2.24, 2.45) is 0 Å². The van der Waals surface area contributed by atoms with Crippen molar-refractivity contribution in [2.75, 3.05) is 36.4 Å². The number of alkyl halides is 1. The summed E-state index contributed by atoms with van der Waals surface area (Å²) in [5.74, 6) is 0.424. The fourth-order valence-corrected chi connectivity index (χ4v) is 15.2. The Balaban J connectivity index is 0.000000137. The summed E-state index contributed by atoms with van der Waals surface area (Å²) in [5, 5.41) is 17.4. The van der Waals surface area contributed by atoms with Gasteiger partial charge in [-0.25, -0.2) is 25.4 Å². The third kappa shape index (κ3) is 8.30. The van der Waals surface area contributed by atoms with Gasteiger partial charge in [0.1, 0.15) is 0 Å². The van der Waals surface area contributed by atoms with E-state index in [4.69, 9.17) is 11.6 Å². The predicted molar refractivity (Wildman–Crippen MR) is 275 cm³/mol. The Labute approximate surface area is 420 Å². The number of hydrogen-bond donors (Lipinski definition) is 2. The van der Waals surface area contributed by atoms with Gasteiger partial charge in [0, 0.05) is 67.3 Å². The second kappa shape index (κ2) is 18.6. The van der Waals surface area contributed by atoms with Crippen molar-refractivity contribution in [3.05, 3.63) is 131 Å². The van der Waals surface area contributed by atoms with Gasteiger partial charge in [0.05, 0.1) is 74.5 Å². The first-order valence-electron chi connectivity index (χ1n) is 24.5. The third-order valence-electron chi connectivity index (χ3n) is 16.2. The maximum Gasteiger partial charge on any atom is 0.238 e. The molecule has 2 amide bonds.